The third kappa shape index (κ3) is 3.39. The molecule has 0 rings (SSSR count). The van der Waals surface area contributed by atoms with E-state index in [1.165, 1.54) is 0 Å². The molecule has 0 unspecified atom stereocenters. The van der Waals surface area contributed by atoms with Gasteiger partial charge in [-0.3, -0.25) is 4.84 Å². The lowest BCUT2D eigenvalue weighted by molar-refractivity contribution is -0.0427. The first-order valence-corrected chi connectivity index (χ1v) is 3.64. The first kappa shape index (κ1) is 10.5. The molecule has 0 aliphatic rings. The summed E-state index contributed by atoms with van der Waals surface area (Å²) < 4.78 is 5.31. The molecule has 0 aromatic rings. The van der Waals surface area contributed by atoms with E-state index >= 15 is 0 Å². The van der Waals surface area contributed by atoms with Crippen LogP contribution >= 0.6 is 0 Å². The summed E-state index contributed by atoms with van der Waals surface area (Å²) in [6, 6.07) is 0. The van der Waals surface area contributed by atoms with Gasteiger partial charge in [0.1, 0.15) is 11.4 Å². The molecule has 0 saturated carbocycles. The molecule has 3 nitrogen and oxygen atoms in total. The Morgan fingerprint density at radius 3 is 2.18 bits per heavy atom. The number of nitrogens with two attached hydrogens (primary N) is 1. The predicted octanol–water partition coefficient (Wildman–Crippen LogP) is 1.59. The zero-order valence-corrected chi connectivity index (χ0v) is 7.68. The quantitative estimate of drug-likeness (QED) is 0.500. The van der Waals surface area contributed by atoms with Gasteiger partial charge in [0.15, 0.2) is 0 Å². The normalized spacial score (nSPS) is 11.8. The number of rotatable bonds is 4. The highest BCUT2D eigenvalue weighted by molar-refractivity contribution is 5.00. The Balaban J connectivity index is 4.02. The lowest BCUT2D eigenvalue weighted by Gasteiger charge is -2.25. The second-order valence-corrected chi connectivity index (χ2v) is 3.22. The zero-order chi connectivity index (χ0) is 9.07. The molecule has 0 saturated heterocycles. The number of ether oxygens (including phenoxy) is 1. The van der Waals surface area contributed by atoms with Gasteiger partial charge < -0.3 is 4.74 Å². The maximum absolute atomic E-state index is 5.31. The highest BCUT2D eigenvalue weighted by Crippen LogP contribution is 2.19. The summed E-state index contributed by atoms with van der Waals surface area (Å²) in [6.45, 7) is 11.2. The van der Waals surface area contributed by atoms with Crippen molar-refractivity contribution in [2.24, 2.45) is 5.90 Å². The topological polar surface area (TPSA) is 44.5 Å². The Labute approximate surface area is 68.1 Å². The van der Waals surface area contributed by atoms with Crippen LogP contribution in [0, 0.1) is 0 Å². The van der Waals surface area contributed by atoms with Gasteiger partial charge in [-0.1, -0.05) is 6.58 Å². The van der Waals surface area contributed by atoms with Crippen molar-refractivity contribution in [3.63, 3.8) is 0 Å². The van der Waals surface area contributed by atoms with Crippen molar-refractivity contribution >= 4 is 0 Å². The van der Waals surface area contributed by atoms with E-state index in [0.717, 1.165) is 0 Å². The standard InChI is InChI=1S/C8H17NO2/c1-6(2)10-7(3)8(4,5)11-9/h6H,3,9H2,1-2,4-5H3. The molecule has 0 fully saturated rings. The van der Waals surface area contributed by atoms with Gasteiger partial charge in [-0.15, -0.1) is 0 Å². The van der Waals surface area contributed by atoms with E-state index in [2.05, 4.69) is 11.4 Å². The van der Waals surface area contributed by atoms with E-state index in [0.29, 0.717) is 5.76 Å². The van der Waals surface area contributed by atoms with Crippen LogP contribution in [0.2, 0.25) is 0 Å². The molecule has 0 aromatic heterocycles. The molecule has 0 radical (unpaired) electrons. The SMILES string of the molecule is C=C(OC(C)C)C(C)(C)ON. The molecular weight excluding hydrogens is 142 g/mol. The molecule has 0 aliphatic carbocycles. The van der Waals surface area contributed by atoms with E-state index in [9.17, 15) is 0 Å². The first-order chi connectivity index (χ1) is 4.90. The second kappa shape index (κ2) is 3.74. The summed E-state index contributed by atoms with van der Waals surface area (Å²) in [4.78, 5) is 4.68. The largest absolute Gasteiger partial charge is 0.493 e. The fraction of sp³-hybridized carbons (Fsp3) is 0.750. The molecule has 3 heteroatoms. The lowest BCUT2D eigenvalue weighted by Crippen LogP contribution is -2.32. The van der Waals surface area contributed by atoms with Crippen LogP contribution in [-0.4, -0.2) is 11.7 Å². The average molecular weight is 159 g/mol. The molecule has 0 heterocycles. The van der Waals surface area contributed by atoms with Crippen LogP contribution in [0.1, 0.15) is 27.7 Å². The molecule has 2 N–H and O–H groups in total. The van der Waals surface area contributed by atoms with Crippen molar-refractivity contribution in [1.29, 1.82) is 0 Å². The molecule has 11 heavy (non-hydrogen) atoms. The van der Waals surface area contributed by atoms with Gasteiger partial charge in [0, 0.05) is 0 Å². The Hall–Kier alpha value is -0.540. The minimum atomic E-state index is -0.607. The predicted molar refractivity (Wildman–Crippen MR) is 44.7 cm³/mol. The Bertz CT molecular complexity index is 141. The smallest absolute Gasteiger partial charge is 0.140 e. The summed E-state index contributed by atoms with van der Waals surface area (Å²) in [5.74, 6) is 5.59. The van der Waals surface area contributed by atoms with Crippen molar-refractivity contribution in [2.75, 3.05) is 0 Å². The van der Waals surface area contributed by atoms with Gasteiger partial charge in [0.25, 0.3) is 0 Å². The van der Waals surface area contributed by atoms with E-state index < -0.39 is 5.60 Å². The van der Waals surface area contributed by atoms with Gasteiger partial charge in [-0.25, -0.2) is 5.90 Å². The van der Waals surface area contributed by atoms with Crippen LogP contribution < -0.4 is 5.90 Å². The second-order valence-electron chi connectivity index (χ2n) is 3.22. The number of hydrogen-bond acceptors (Lipinski definition) is 3. The van der Waals surface area contributed by atoms with Crippen LogP contribution in [0.5, 0.6) is 0 Å². The maximum atomic E-state index is 5.31. The third-order valence-corrected chi connectivity index (χ3v) is 1.34. The van der Waals surface area contributed by atoms with E-state index in [4.69, 9.17) is 10.6 Å². The summed E-state index contributed by atoms with van der Waals surface area (Å²) in [5.41, 5.74) is -0.607. The lowest BCUT2D eigenvalue weighted by atomic mass is 10.1. The first-order valence-electron chi connectivity index (χ1n) is 3.64. The maximum Gasteiger partial charge on any atom is 0.140 e. The summed E-state index contributed by atoms with van der Waals surface area (Å²) >= 11 is 0. The van der Waals surface area contributed by atoms with Crippen LogP contribution in [-0.2, 0) is 9.57 Å². The van der Waals surface area contributed by atoms with Crippen molar-refractivity contribution in [3.05, 3.63) is 12.3 Å². The summed E-state index contributed by atoms with van der Waals surface area (Å²) in [7, 11) is 0. The number of hydrogen-bond donors (Lipinski definition) is 1. The molecule has 0 bridgehead atoms. The Morgan fingerprint density at radius 1 is 1.45 bits per heavy atom. The van der Waals surface area contributed by atoms with Gasteiger partial charge in [0.05, 0.1) is 6.10 Å². The van der Waals surface area contributed by atoms with Crippen LogP contribution in [0.25, 0.3) is 0 Å². The van der Waals surface area contributed by atoms with E-state index in [1.807, 2.05) is 13.8 Å². The van der Waals surface area contributed by atoms with E-state index in [-0.39, 0.29) is 6.10 Å². The Kier molecular flexibility index (Phi) is 3.55. The Morgan fingerprint density at radius 2 is 1.91 bits per heavy atom. The molecular formula is C8H17NO2. The highest BCUT2D eigenvalue weighted by Gasteiger charge is 2.23. The fourth-order valence-corrected chi connectivity index (χ4v) is 0.492. The minimum absolute atomic E-state index is 0.108. The highest BCUT2D eigenvalue weighted by atomic mass is 16.6. The molecule has 0 aromatic carbocycles. The molecule has 0 atom stereocenters. The zero-order valence-electron chi connectivity index (χ0n) is 7.68. The van der Waals surface area contributed by atoms with Gasteiger partial charge >= 0.3 is 0 Å². The van der Waals surface area contributed by atoms with Gasteiger partial charge in [0.2, 0.25) is 0 Å². The molecule has 66 valence electrons. The summed E-state index contributed by atoms with van der Waals surface area (Å²) in [5, 5.41) is 0. The monoisotopic (exact) mass is 159 g/mol. The fourth-order valence-electron chi connectivity index (χ4n) is 0.492. The van der Waals surface area contributed by atoms with Crippen molar-refractivity contribution in [3.8, 4) is 0 Å². The van der Waals surface area contributed by atoms with Crippen LogP contribution in [0.3, 0.4) is 0 Å². The van der Waals surface area contributed by atoms with Crippen molar-refractivity contribution in [1.82, 2.24) is 0 Å². The van der Waals surface area contributed by atoms with Crippen molar-refractivity contribution in [2.45, 2.75) is 39.4 Å². The average Bonchev–Trinajstić information content (AvgIpc) is 1.86. The van der Waals surface area contributed by atoms with E-state index in [1.54, 1.807) is 13.8 Å². The summed E-state index contributed by atoms with van der Waals surface area (Å²) in [6.07, 6.45) is 0.108. The van der Waals surface area contributed by atoms with Crippen LogP contribution in [0.15, 0.2) is 12.3 Å². The minimum Gasteiger partial charge on any atom is -0.493 e. The van der Waals surface area contributed by atoms with Gasteiger partial charge in [-0.05, 0) is 27.7 Å². The molecule has 0 aliphatic heterocycles. The molecule has 0 spiro atoms. The van der Waals surface area contributed by atoms with Crippen molar-refractivity contribution < 1.29 is 9.57 Å². The van der Waals surface area contributed by atoms with Crippen LogP contribution in [0.4, 0.5) is 0 Å². The molecule has 0 amide bonds. The van der Waals surface area contributed by atoms with Gasteiger partial charge in [-0.2, -0.15) is 0 Å². The third-order valence-electron chi connectivity index (χ3n) is 1.34.